The number of likely N-dealkylation sites (N-methyl/N-ethyl adjacent to an activating group) is 1. The van der Waals surface area contributed by atoms with E-state index in [0.717, 1.165) is 5.56 Å². The molecule has 0 N–H and O–H groups in total. The van der Waals surface area contributed by atoms with Crippen molar-refractivity contribution in [3.63, 3.8) is 0 Å². The zero-order valence-corrected chi connectivity index (χ0v) is 10.2. The predicted octanol–water partition coefficient (Wildman–Crippen LogP) is 1.64. The summed E-state index contributed by atoms with van der Waals surface area (Å²) in [5, 5.41) is 0. The van der Waals surface area contributed by atoms with Gasteiger partial charge in [0.1, 0.15) is 0 Å². The summed E-state index contributed by atoms with van der Waals surface area (Å²) in [6.07, 6.45) is 0.459. The van der Waals surface area contributed by atoms with Crippen LogP contribution in [0.25, 0.3) is 0 Å². The van der Waals surface area contributed by atoms with Crippen LogP contribution < -0.4 is 0 Å². The number of methoxy groups -OCH3 is 1. The van der Waals surface area contributed by atoms with Gasteiger partial charge in [-0.15, -0.1) is 0 Å². The summed E-state index contributed by atoms with van der Waals surface area (Å²) in [5.41, 5.74) is 2.27. The lowest BCUT2D eigenvalue weighted by Gasteiger charge is -2.16. The lowest BCUT2D eigenvalue weighted by atomic mass is 10.1. The lowest BCUT2D eigenvalue weighted by molar-refractivity contribution is -0.129. The van der Waals surface area contributed by atoms with Gasteiger partial charge in [0.05, 0.1) is 13.0 Å². The van der Waals surface area contributed by atoms with Crippen LogP contribution in [0.2, 0.25) is 0 Å². The van der Waals surface area contributed by atoms with Crippen molar-refractivity contribution in [1.82, 2.24) is 4.90 Å². The highest BCUT2D eigenvalue weighted by Crippen LogP contribution is 2.05. The maximum absolute atomic E-state index is 11.8. The average Bonchev–Trinajstić information content (AvgIpc) is 2.29. The molecule has 1 aromatic rings. The molecule has 3 nitrogen and oxygen atoms in total. The summed E-state index contributed by atoms with van der Waals surface area (Å²) >= 11 is 0. The first-order valence-corrected chi connectivity index (χ1v) is 5.42. The van der Waals surface area contributed by atoms with Gasteiger partial charge in [0, 0.05) is 20.7 Å². The van der Waals surface area contributed by atoms with Crippen molar-refractivity contribution in [2.75, 3.05) is 27.3 Å². The third-order valence-electron chi connectivity index (χ3n) is 2.53. The van der Waals surface area contributed by atoms with E-state index in [2.05, 4.69) is 0 Å². The highest BCUT2D eigenvalue weighted by atomic mass is 16.5. The minimum atomic E-state index is 0.126. The van der Waals surface area contributed by atoms with Crippen LogP contribution >= 0.6 is 0 Å². The largest absolute Gasteiger partial charge is 0.383 e. The molecule has 0 heterocycles. The topological polar surface area (TPSA) is 29.5 Å². The average molecular weight is 221 g/mol. The van der Waals surface area contributed by atoms with Crippen LogP contribution in [0, 0.1) is 6.92 Å². The van der Waals surface area contributed by atoms with Gasteiger partial charge < -0.3 is 9.64 Å². The van der Waals surface area contributed by atoms with E-state index in [1.54, 1.807) is 19.1 Å². The normalized spacial score (nSPS) is 10.2. The quantitative estimate of drug-likeness (QED) is 0.756. The third-order valence-corrected chi connectivity index (χ3v) is 2.53. The number of hydrogen-bond acceptors (Lipinski definition) is 2. The number of benzene rings is 1. The van der Waals surface area contributed by atoms with Crippen molar-refractivity contribution >= 4 is 5.91 Å². The minimum absolute atomic E-state index is 0.126. The van der Waals surface area contributed by atoms with E-state index in [1.807, 2.05) is 31.2 Å². The molecule has 1 amide bonds. The monoisotopic (exact) mass is 221 g/mol. The molecule has 0 spiro atoms. The second-order valence-corrected chi connectivity index (χ2v) is 3.97. The summed E-state index contributed by atoms with van der Waals surface area (Å²) in [5.74, 6) is 0.126. The van der Waals surface area contributed by atoms with Crippen molar-refractivity contribution in [2.45, 2.75) is 13.3 Å². The second kappa shape index (κ2) is 6.28. The van der Waals surface area contributed by atoms with Gasteiger partial charge in [-0.3, -0.25) is 4.79 Å². The summed E-state index contributed by atoms with van der Waals surface area (Å²) in [7, 11) is 3.44. The predicted molar refractivity (Wildman–Crippen MR) is 64.4 cm³/mol. The Kier molecular flexibility index (Phi) is 4.99. The molecule has 88 valence electrons. The molecule has 0 aliphatic rings. The number of nitrogens with zero attached hydrogens (tertiary/aromatic N) is 1. The molecule has 0 aliphatic heterocycles. The fourth-order valence-corrected chi connectivity index (χ4v) is 1.37. The Morgan fingerprint density at radius 3 is 2.50 bits per heavy atom. The molecule has 0 radical (unpaired) electrons. The zero-order valence-electron chi connectivity index (χ0n) is 10.2. The molecule has 1 aromatic carbocycles. The van der Waals surface area contributed by atoms with Crippen molar-refractivity contribution in [3.8, 4) is 0 Å². The molecule has 0 aliphatic carbocycles. The van der Waals surface area contributed by atoms with Crippen LogP contribution in [0.15, 0.2) is 24.3 Å². The van der Waals surface area contributed by atoms with Gasteiger partial charge in [-0.2, -0.15) is 0 Å². The van der Waals surface area contributed by atoms with Crippen molar-refractivity contribution in [2.24, 2.45) is 0 Å². The molecule has 0 aromatic heterocycles. The lowest BCUT2D eigenvalue weighted by Crippen LogP contribution is -2.31. The number of carbonyl (C=O) groups excluding carboxylic acids is 1. The SMILES string of the molecule is COCCN(C)C(=O)Cc1ccc(C)cc1. The number of ether oxygens (including phenoxy) is 1. The maximum atomic E-state index is 11.8. The van der Waals surface area contributed by atoms with Crippen LogP contribution in [-0.4, -0.2) is 38.1 Å². The van der Waals surface area contributed by atoms with E-state index in [0.29, 0.717) is 19.6 Å². The smallest absolute Gasteiger partial charge is 0.226 e. The number of amides is 1. The highest BCUT2D eigenvalue weighted by molar-refractivity contribution is 5.78. The van der Waals surface area contributed by atoms with E-state index in [9.17, 15) is 4.79 Å². The van der Waals surface area contributed by atoms with Crippen LogP contribution in [0.4, 0.5) is 0 Å². The van der Waals surface area contributed by atoms with Crippen LogP contribution in [0.1, 0.15) is 11.1 Å². The second-order valence-electron chi connectivity index (χ2n) is 3.97. The Hall–Kier alpha value is -1.35. The molecule has 0 saturated carbocycles. The molecule has 1 rings (SSSR count). The maximum Gasteiger partial charge on any atom is 0.226 e. The van der Waals surface area contributed by atoms with Crippen LogP contribution in [-0.2, 0) is 16.0 Å². The molecule has 0 saturated heterocycles. The van der Waals surface area contributed by atoms with Gasteiger partial charge in [-0.05, 0) is 12.5 Å². The highest BCUT2D eigenvalue weighted by Gasteiger charge is 2.08. The van der Waals surface area contributed by atoms with Gasteiger partial charge in [0.25, 0.3) is 0 Å². The molecule has 0 unspecified atom stereocenters. The summed E-state index contributed by atoms with van der Waals surface area (Å²) < 4.78 is 4.93. The Labute approximate surface area is 97.0 Å². The molecule has 0 fully saturated rings. The Morgan fingerprint density at radius 1 is 1.31 bits per heavy atom. The Bertz CT molecular complexity index is 332. The van der Waals surface area contributed by atoms with E-state index in [-0.39, 0.29) is 5.91 Å². The summed E-state index contributed by atoms with van der Waals surface area (Å²) in [6.45, 7) is 3.26. The molecular weight excluding hydrogens is 202 g/mol. The first-order valence-electron chi connectivity index (χ1n) is 5.42. The Balaban J connectivity index is 2.47. The number of rotatable bonds is 5. The molecule has 16 heavy (non-hydrogen) atoms. The van der Waals surface area contributed by atoms with E-state index in [4.69, 9.17) is 4.74 Å². The molecule has 0 atom stereocenters. The van der Waals surface area contributed by atoms with Gasteiger partial charge >= 0.3 is 0 Å². The number of carbonyl (C=O) groups is 1. The summed E-state index contributed by atoms with van der Waals surface area (Å²) in [4.78, 5) is 13.5. The van der Waals surface area contributed by atoms with Gasteiger partial charge in [0.15, 0.2) is 0 Å². The first-order chi connectivity index (χ1) is 7.63. The van der Waals surface area contributed by atoms with Crippen molar-refractivity contribution < 1.29 is 9.53 Å². The van der Waals surface area contributed by atoms with Gasteiger partial charge in [-0.25, -0.2) is 0 Å². The fraction of sp³-hybridized carbons (Fsp3) is 0.462. The van der Waals surface area contributed by atoms with Crippen LogP contribution in [0.5, 0.6) is 0 Å². The third kappa shape index (κ3) is 4.03. The van der Waals surface area contributed by atoms with E-state index < -0.39 is 0 Å². The number of hydrogen-bond donors (Lipinski definition) is 0. The van der Waals surface area contributed by atoms with Crippen LogP contribution in [0.3, 0.4) is 0 Å². The molecule has 3 heteroatoms. The first kappa shape index (κ1) is 12.7. The molecular formula is C13H19NO2. The minimum Gasteiger partial charge on any atom is -0.383 e. The summed E-state index contributed by atoms with van der Waals surface area (Å²) in [6, 6.07) is 8.05. The van der Waals surface area contributed by atoms with Gasteiger partial charge in [-0.1, -0.05) is 29.8 Å². The fourth-order valence-electron chi connectivity index (χ4n) is 1.37. The zero-order chi connectivity index (χ0) is 12.0. The van der Waals surface area contributed by atoms with E-state index in [1.165, 1.54) is 5.56 Å². The van der Waals surface area contributed by atoms with Gasteiger partial charge in [0.2, 0.25) is 5.91 Å². The molecule has 0 bridgehead atoms. The van der Waals surface area contributed by atoms with E-state index >= 15 is 0 Å². The van der Waals surface area contributed by atoms with Crippen molar-refractivity contribution in [1.29, 1.82) is 0 Å². The Morgan fingerprint density at radius 2 is 1.94 bits per heavy atom. The standard InChI is InChI=1S/C13H19NO2/c1-11-4-6-12(7-5-11)10-13(15)14(2)8-9-16-3/h4-7H,8-10H2,1-3H3. The van der Waals surface area contributed by atoms with Crippen molar-refractivity contribution in [3.05, 3.63) is 35.4 Å². The number of aryl methyl sites for hydroxylation is 1.